The van der Waals surface area contributed by atoms with Crippen molar-refractivity contribution in [2.45, 2.75) is 33.7 Å². The zero-order valence-electron chi connectivity index (χ0n) is 11.5. The lowest BCUT2D eigenvalue weighted by atomic mass is 9.86. The second-order valence-electron chi connectivity index (χ2n) is 5.62. The van der Waals surface area contributed by atoms with Gasteiger partial charge in [0, 0.05) is 17.6 Å². The summed E-state index contributed by atoms with van der Waals surface area (Å²) in [4.78, 5) is 13.3. The summed E-state index contributed by atoms with van der Waals surface area (Å²) in [6.45, 7) is 8.54. The molecule has 3 nitrogen and oxygen atoms in total. The second-order valence-corrected chi connectivity index (χ2v) is 6.54. The van der Waals surface area contributed by atoms with E-state index in [-0.39, 0.29) is 11.5 Å². The van der Waals surface area contributed by atoms with E-state index in [1.54, 1.807) is 12.1 Å². The van der Waals surface area contributed by atoms with Crippen LogP contribution < -0.4 is 4.90 Å². The zero-order chi connectivity index (χ0) is 14.1. The monoisotopic (exact) mass is 313 g/mol. The number of nitrogens with zero attached hydrogens (tertiary/aromatic N) is 1. The van der Waals surface area contributed by atoms with Crippen LogP contribution >= 0.6 is 15.9 Å². The highest BCUT2D eigenvalue weighted by Gasteiger charge is 2.26. The van der Waals surface area contributed by atoms with Gasteiger partial charge in [-0.3, -0.25) is 0 Å². The Kier molecular flexibility index (Phi) is 4.43. The first-order valence-electron chi connectivity index (χ1n) is 5.90. The minimum absolute atomic E-state index is 0.0762. The van der Waals surface area contributed by atoms with Crippen LogP contribution in [-0.4, -0.2) is 24.2 Å². The summed E-state index contributed by atoms with van der Waals surface area (Å²) in [6, 6.07) is 5.46. The molecule has 1 N–H and O–H groups in total. The number of carboxylic acid groups (broad SMARTS) is 1. The van der Waals surface area contributed by atoms with Crippen molar-refractivity contribution < 1.29 is 9.90 Å². The number of rotatable bonds is 3. The molecule has 0 saturated carbocycles. The number of hydrogen-bond acceptors (Lipinski definition) is 2. The van der Waals surface area contributed by atoms with Gasteiger partial charge < -0.3 is 10.0 Å². The molecule has 0 bridgehead atoms. The lowest BCUT2D eigenvalue weighted by molar-refractivity contribution is 0.0697. The number of carbonyl (C=O) groups is 1. The molecule has 0 radical (unpaired) electrons. The van der Waals surface area contributed by atoms with Crippen LogP contribution in [0.3, 0.4) is 0 Å². The summed E-state index contributed by atoms with van der Waals surface area (Å²) >= 11 is 3.39. The molecule has 100 valence electrons. The van der Waals surface area contributed by atoms with E-state index in [1.807, 2.05) is 18.0 Å². The van der Waals surface area contributed by atoms with E-state index < -0.39 is 5.97 Å². The van der Waals surface area contributed by atoms with Gasteiger partial charge in [-0.25, -0.2) is 4.79 Å². The van der Waals surface area contributed by atoms with E-state index in [2.05, 4.69) is 43.6 Å². The Bertz CT molecular complexity index is 452. The molecule has 0 aromatic heterocycles. The third-order valence-electron chi connectivity index (χ3n) is 3.40. The van der Waals surface area contributed by atoms with Crippen LogP contribution in [0.2, 0.25) is 0 Å². The molecule has 4 heteroatoms. The van der Waals surface area contributed by atoms with Crippen molar-refractivity contribution in [1.29, 1.82) is 0 Å². The van der Waals surface area contributed by atoms with Gasteiger partial charge in [0.05, 0.1) is 11.3 Å². The van der Waals surface area contributed by atoms with Gasteiger partial charge in [-0.15, -0.1) is 0 Å². The minimum Gasteiger partial charge on any atom is -0.478 e. The SMILES string of the molecule is CC(N(C)c1cc(Br)ccc1C(=O)O)C(C)(C)C. The Hall–Kier alpha value is -1.03. The lowest BCUT2D eigenvalue weighted by Gasteiger charge is -2.37. The number of hydrogen-bond donors (Lipinski definition) is 1. The van der Waals surface area contributed by atoms with Gasteiger partial charge in [-0.2, -0.15) is 0 Å². The van der Waals surface area contributed by atoms with Crippen molar-refractivity contribution in [2.75, 3.05) is 11.9 Å². The fraction of sp³-hybridized carbons (Fsp3) is 0.500. The van der Waals surface area contributed by atoms with E-state index in [9.17, 15) is 9.90 Å². The quantitative estimate of drug-likeness (QED) is 0.916. The highest BCUT2D eigenvalue weighted by atomic mass is 79.9. The van der Waals surface area contributed by atoms with Gasteiger partial charge in [-0.1, -0.05) is 36.7 Å². The standard InChI is InChI=1S/C14H20BrNO2/c1-9(14(2,3)4)16(5)12-8-10(15)6-7-11(12)13(17)18/h6-9H,1-5H3,(H,17,18). The first-order chi connectivity index (χ1) is 8.14. The summed E-state index contributed by atoms with van der Waals surface area (Å²) in [6.07, 6.45) is 0. The highest BCUT2D eigenvalue weighted by Crippen LogP contribution is 2.31. The van der Waals surface area contributed by atoms with E-state index in [4.69, 9.17) is 0 Å². The molecule has 0 aliphatic carbocycles. The first kappa shape index (κ1) is 15.0. The second kappa shape index (κ2) is 5.31. The van der Waals surface area contributed by atoms with Gasteiger partial charge in [0.2, 0.25) is 0 Å². The van der Waals surface area contributed by atoms with Crippen molar-refractivity contribution >= 4 is 27.6 Å². The summed E-state index contributed by atoms with van der Waals surface area (Å²) < 4.78 is 0.885. The molecule has 18 heavy (non-hydrogen) atoms. The average Bonchev–Trinajstić information content (AvgIpc) is 2.25. The molecular formula is C14H20BrNO2. The molecular weight excluding hydrogens is 294 g/mol. The van der Waals surface area contributed by atoms with E-state index in [0.29, 0.717) is 5.56 Å². The van der Waals surface area contributed by atoms with Gasteiger partial charge in [-0.05, 0) is 30.5 Å². The van der Waals surface area contributed by atoms with Crippen LogP contribution in [0.25, 0.3) is 0 Å². The Balaban J connectivity index is 3.23. The summed E-state index contributed by atoms with van der Waals surface area (Å²) in [7, 11) is 1.93. The number of carboxylic acids is 1. The number of halogens is 1. The van der Waals surface area contributed by atoms with Gasteiger partial charge >= 0.3 is 5.97 Å². The Morgan fingerprint density at radius 1 is 1.39 bits per heavy atom. The fourth-order valence-electron chi connectivity index (χ4n) is 1.77. The van der Waals surface area contributed by atoms with Gasteiger partial charge in [0.15, 0.2) is 0 Å². The average molecular weight is 314 g/mol. The topological polar surface area (TPSA) is 40.5 Å². The van der Waals surface area contributed by atoms with Crippen molar-refractivity contribution in [3.05, 3.63) is 28.2 Å². The normalized spacial score (nSPS) is 13.2. The third-order valence-corrected chi connectivity index (χ3v) is 3.90. The van der Waals surface area contributed by atoms with Crippen LogP contribution in [-0.2, 0) is 0 Å². The molecule has 1 rings (SSSR count). The third kappa shape index (κ3) is 3.25. The molecule has 1 aromatic carbocycles. The lowest BCUT2D eigenvalue weighted by Crippen LogP contribution is -2.40. The highest BCUT2D eigenvalue weighted by molar-refractivity contribution is 9.10. The number of benzene rings is 1. The molecule has 0 fully saturated rings. The first-order valence-corrected chi connectivity index (χ1v) is 6.69. The predicted molar refractivity (Wildman–Crippen MR) is 78.4 cm³/mol. The molecule has 1 atom stereocenters. The molecule has 1 unspecified atom stereocenters. The Labute approximate surface area is 117 Å². The predicted octanol–water partition coefficient (Wildman–Crippen LogP) is 4.02. The van der Waals surface area contributed by atoms with E-state index in [1.165, 1.54) is 0 Å². The van der Waals surface area contributed by atoms with E-state index in [0.717, 1.165) is 10.2 Å². The van der Waals surface area contributed by atoms with Crippen LogP contribution in [0.5, 0.6) is 0 Å². The van der Waals surface area contributed by atoms with Gasteiger partial charge in [0.25, 0.3) is 0 Å². The van der Waals surface area contributed by atoms with Crippen LogP contribution in [0, 0.1) is 5.41 Å². The maximum Gasteiger partial charge on any atom is 0.337 e. The minimum atomic E-state index is -0.898. The summed E-state index contributed by atoms with van der Waals surface area (Å²) in [5, 5.41) is 9.25. The Morgan fingerprint density at radius 3 is 2.39 bits per heavy atom. The van der Waals surface area contributed by atoms with Gasteiger partial charge in [0.1, 0.15) is 0 Å². The molecule has 0 amide bonds. The molecule has 1 aromatic rings. The van der Waals surface area contributed by atoms with Crippen molar-refractivity contribution in [3.63, 3.8) is 0 Å². The van der Waals surface area contributed by atoms with Crippen molar-refractivity contribution in [3.8, 4) is 0 Å². The van der Waals surface area contributed by atoms with Crippen molar-refractivity contribution in [1.82, 2.24) is 0 Å². The molecule has 0 saturated heterocycles. The molecule has 0 spiro atoms. The smallest absolute Gasteiger partial charge is 0.337 e. The van der Waals surface area contributed by atoms with Crippen molar-refractivity contribution in [2.24, 2.45) is 5.41 Å². The fourth-order valence-corrected chi connectivity index (χ4v) is 2.12. The Morgan fingerprint density at radius 2 is 1.94 bits per heavy atom. The zero-order valence-corrected chi connectivity index (χ0v) is 13.1. The van der Waals surface area contributed by atoms with Crippen LogP contribution in [0.15, 0.2) is 22.7 Å². The summed E-state index contributed by atoms with van der Waals surface area (Å²) in [5.41, 5.74) is 1.14. The summed E-state index contributed by atoms with van der Waals surface area (Å²) in [5.74, 6) is -0.898. The number of anilines is 1. The molecule has 0 aliphatic heterocycles. The largest absolute Gasteiger partial charge is 0.478 e. The number of aromatic carboxylic acids is 1. The van der Waals surface area contributed by atoms with E-state index >= 15 is 0 Å². The molecule has 0 heterocycles. The maximum atomic E-state index is 11.3. The van der Waals surface area contributed by atoms with Crippen LogP contribution in [0.4, 0.5) is 5.69 Å². The molecule has 0 aliphatic rings. The van der Waals surface area contributed by atoms with Crippen LogP contribution in [0.1, 0.15) is 38.1 Å². The maximum absolute atomic E-state index is 11.3.